The standard InChI is InChI=1S/C49H89O10P/c1-3-5-7-9-11-13-15-17-19-20-21-22-23-24-25-27-28-30-32-34-36-38-40-48(52)56-44-47(45-58-60(54,55)57-43-46(51)42-50)59-49(53)41-39-37-35-33-31-29-26-18-16-14-12-10-8-6-4-2/h6,8,12,14,18,26,31,33,46-47,50-51H,3-5,7,9-11,13,15-17,19-25,27-30,32,34-45H2,1-2H3,(H,54,55)/b8-6-,14-12-,26-18-,33-31-. The van der Waals surface area contributed by atoms with Crippen molar-refractivity contribution < 1.29 is 47.8 Å². The lowest BCUT2D eigenvalue weighted by atomic mass is 10.0. The molecule has 0 spiro atoms. The normalized spacial score (nSPS) is 14.2. The number of aliphatic hydroxyl groups is 2. The van der Waals surface area contributed by atoms with E-state index in [0.29, 0.717) is 12.8 Å². The summed E-state index contributed by atoms with van der Waals surface area (Å²) in [5.41, 5.74) is 0. The number of ether oxygens (including phenoxy) is 2. The van der Waals surface area contributed by atoms with Crippen LogP contribution in [0.5, 0.6) is 0 Å². The predicted octanol–water partition coefficient (Wildman–Crippen LogP) is 13.3. The smallest absolute Gasteiger partial charge is 0.462 e. The third kappa shape index (κ3) is 44.0. The molecular weight excluding hydrogens is 780 g/mol. The van der Waals surface area contributed by atoms with E-state index in [1.54, 1.807) is 0 Å². The minimum Gasteiger partial charge on any atom is -0.462 e. The number of unbranched alkanes of at least 4 members (excludes halogenated alkanes) is 23. The summed E-state index contributed by atoms with van der Waals surface area (Å²) < 4.78 is 32.7. The van der Waals surface area contributed by atoms with Gasteiger partial charge in [0.15, 0.2) is 6.10 Å². The van der Waals surface area contributed by atoms with Gasteiger partial charge in [0.2, 0.25) is 0 Å². The maximum absolute atomic E-state index is 12.6. The number of hydrogen-bond acceptors (Lipinski definition) is 9. The van der Waals surface area contributed by atoms with Gasteiger partial charge in [0.1, 0.15) is 12.7 Å². The summed E-state index contributed by atoms with van der Waals surface area (Å²) in [5.74, 6) is -0.967. The number of aliphatic hydroxyl groups excluding tert-OH is 2. The number of allylic oxidation sites excluding steroid dienone is 8. The van der Waals surface area contributed by atoms with Gasteiger partial charge in [0.05, 0.1) is 19.8 Å². The highest BCUT2D eigenvalue weighted by Crippen LogP contribution is 2.43. The van der Waals surface area contributed by atoms with Gasteiger partial charge >= 0.3 is 19.8 Å². The van der Waals surface area contributed by atoms with Crippen LogP contribution in [0.4, 0.5) is 0 Å². The Morgan fingerprint density at radius 1 is 0.517 bits per heavy atom. The van der Waals surface area contributed by atoms with Gasteiger partial charge in [-0.25, -0.2) is 4.57 Å². The largest absolute Gasteiger partial charge is 0.472 e. The van der Waals surface area contributed by atoms with Crippen LogP contribution in [0.2, 0.25) is 0 Å². The van der Waals surface area contributed by atoms with E-state index >= 15 is 0 Å². The molecule has 0 bridgehead atoms. The Hall–Kier alpha value is -2.07. The van der Waals surface area contributed by atoms with Crippen LogP contribution in [-0.2, 0) is 32.7 Å². The van der Waals surface area contributed by atoms with Gasteiger partial charge in [-0.05, 0) is 51.4 Å². The van der Waals surface area contributed by atoms with Crippen LogP contribution in [0.25, 0.3) is 0 Å². The third-order valence-electron chi connectivity index (χ3n) is 10.2. The van der Waals surface area contributed by atoms with Crippen LogP contribution in [0.3, 0.4) is 0 Å². The van der Waals surface area contributed by atoms with Crippen molar-refractivity contribution in [1.29, 1.82) is 0 Å². The average Bonchev–Trinajstić information content (AvgIpc) is 3.24. The Bertz CT molecular complexity index is 1140. The van der Waals surface area contributed by atoms with Gasteiger partial charge in [0.25, 0.3) is 0 Å². The molecule has 3 unspecified atom stereocenters. The second-order valence-electron chi connectivity index (χ2n) is 16.1. The van der Waals surface area contributed by atoms with Crippen LogP contribution in [-0.4, -0.2) is 65.7 Å². The van der Waals surface area contributed by atoms with E-state index < -0.39 is 51.8 Å². The summed E-state index contributed by atoms with van der Waals surface area (Å²) in [6, 6.07) is 0. The van der Waals surface area contributed by atoms with E-state index in [4.69, 9.17) is 23.6 Å². The third-order valence-corrected chi connectivity index (χ3v) is 11.2. The summed E-state index contributed by atoms with van der Waals surface area (Å²) in [7, 11) is -4.63. The average molecular weight is 869 g/mol. The Morgan fingerprint density at radius 3 is 1.38 bits per heavy atom. The zero-order valence-electron chi connectivity index (χ0n) is 38.2. The van der Waals surface area contributed by atoms with Crippen molar-refractivity contribution in [2.45, 2.75) is 225 Å². The van der Waals surface area contributed by atoms with Crippen molar-refractivity contribution in [3.05, 3.63) is 48.6 Å². The van der Waals surface area contributed by atoms with Crippen molar-refractivity contribution in [2.24, 2.45) is 0 Å². The Kier molecular flexibility index (Phi) is 43.4. The molecule has 10 nitrogen and oxygen atoms in total. The highest BCUT2D eigenvalue weighted by Gasteiger charge is 2.27. The van der Waals surface area contributed by atoms with E-state index in [1.165, 1.54) is 116 Å². The number of hydrogen-bond donors (Lipinski definition) is 3. The summed E-state index contributed by atoms with van der Waals surface area (Å²) in [6.07, 6.45) is 49.5. The SMILES string of the molecule is CC/C=C\C/C=C\C/C=C\C/C=C\CCCCC(=O)OC(COC(=O)CCCCCCCCCCCCCCCCCCCCCCCC)COP(=O)(O)OCC(O)CO. The van der Waals surface area contributed by atoms with Gasteiger partial charge in [-0.15, -0.1) is 0 Å². The molecule has 0 aromatic carbocycles. The molecule has 0 radical (unpaired) electrons. The minimum atomic E-state index is -4.63. The number of phosphoric acid groups is 1. The molecule has 0 rings (SSSR count). The molecule has 0 heterocycles. The first-order valence-corrected chi connectivity index (χ1v) is 25.6. The fourth-order valence-electron chi connectivity index (χ4n) is 6.57. The van der Waals surface area contributed by atoms with Gasteiger partial charge < -0.3 is 24.6 Å². The second-order valence-corrected chi connectivity index (χ2v) is 17.6. The van der Waals surface area contributed by atoms with Crippen molar-refractivity contribution >= 4 is 19.8 Å². The quantitative estimate of drug-likeness (QED) is 0.0234. The lowest BCUT2D eigenvalue weighted by Crippen LogP contribution is -2.29. The van der Waals surface area contributed by atoms with Crippen LogP contribution in [0.1, 0.15) is 213 Å². The van der Waals surface area contributed by atoms with Crippen molar-refractivity contribution in [3.63, 3.8) is 0 Å². The summed E-state index contributed by atoms with van der Waals surface area (Å²) in [4.78, 5) is 35.1. The lowest BCUT2D eigenvalue weighted by Gasteiger charge is -2.20. The first-order chi connectivity index (χ1) is 29.2. The Balaban J connectivity index is 4.20. The Morgan fingerprint density at radius 2 is 0.917 bits per heavy atom. The van der Waals surface area contributed by atoms with E-state index in [1.807, 2.05) is 0 Å². The molecule has 0 aromatic heterocycles. The molecular formula is C49H89O10P. The summed E-state index contributed by atoms with van der Waals surface area (Å²) >= 11 is 0. The van der Waals surface area contributed by atoms with E-state index in [-0.39, 0.29) is 19.4 Å². The van der Waals surface area contributed by atoms with Crippen molar-refractivity contribution in [2.75, 3.05) is 26.4 Å². The number of carbonyl (C=O) groups excluding carboxylic acids is 2. The summed E-state index contributed by atoms with van der Waals surface area (Å²) in [6.45, 7) is 2.24. The molecule has 0 aromatic rings. The zero-order valence-corrected chi connectivity index (χ0v) is 39.1. The first-order valence-electron chi connectivity index (χ1n) is 24.1. The fraction of sp³-hybridized carbons (Fsp3) is 0.796. The number of phosphoric ester groups is 1. The minimum absolute atomic E-state index is 0.132. The first kappa shape index (κ1) is 57.9. The molecule has 3 N–H and O–H groups in total. The van der Waals surface area contributed by atoms with E-state index in [0.717, 1.165) is 57.8 Å². The molecule has 0 saturated heterocycles. The van der Waals surface area contributed by atoms with Crippen molar-refractivity contribution in [1.82, 2.24) is 0 Å². The van der Waals surface area contributed by atoms with E-state index in [9.17, 15) is 24.2 Å². The van der Waals surface area contributed by atoms with Crippen LogP contribution < -0.4 is 0 Å². The van der Waals surface area contributed by atoms with Crippen LogP contribution in [0, 0.1) is 0 Å². The maximum atomic E-state index is 12.6. The molecule has 0 aliphatic heterocycles. The number of carbonyl (C=O) groups is 2. The summed E-state index contributed by atoms with van der Waals surface area (Å²) in [5, 5.41) is 18.4. The van der Waals surface area contributed by atoms with Crippen LogP contribution in [0.15, 0.2) is 48.6 Å². The fourth-order valence-corrected chi connectivity index (χ4v) is 7.36. The maximum Gasteiger partial charge on any atom is 0.472 e. The van der Waals surface area contributed by atoms with Gasteiger partial charge in [-0.1, -0.05) is 197 Å². The molecule has 3 atom stereocenters. The van der Waals surface area contributed by atoms with Gasteiger partial charge in [-0.3, -0.25) is 18.6 Å². The van der Waals surface area contributed by atoms with Gasteiger partial charge in [0, 0.05) is 12.8 Å². The molecule has 350 valence electrons. The zero-order chi connectivity index (χ0) is 44.0. The molecule has 60 heavy (non-hydrogen) atoms. The van der Waals surface area contributed by atoms with Gasteiger partial charge in [-0.2, -0.15) is 0 Å². The molecule has 0 aliphatic carbocycles. The predicted molar refractivity (Wildman–Crippen MR) is 247 cm³/mol. The second kappa shape index (κ2) is 45.0. The monoisotopic (exact) mass is 869 g/mol. The topological polar surface area (TPSA) is 149 Å². The van der Waals surface area contributed by atoms with Crippen LogP contribution >= 0.6 is 7.82 Å². The van der Waals surface area contributed by atoms with E-state index in [2.05, 4.69) is 62.5 Å². The molecule has 11 heteroatoms. The highest BCUT2D eigenvalue weighted by molar-refractivity contribution is 7.47. The Labute approximate surface area is 366 Å². The lowest BCUT2D eigenvalue weighted by molar-refractivity contribution is -0.161. The molecule has 0 aliphatic rings. The molecule has 0 saturated carbocycles. The molecule has 0 amide bonds. The van der Waals surface area contributed by atoms with Crippen molar-refractivity contribution in [3.8, 4) is 0 Å². The number of rotatable bonds is 45. The number of esters is 2. The molecule has 0 fully saturated rings. The highest BCUT2D eigenvalue weighted by atomic mass is 31.2.